The molecule has 3 saturated heterocycles. The smallest absolute Gasteiger partial charge is 0.414 e. The number of cyclic esters (lactones) is 1. The summed E-state index contributed by atoms with van der Waals surface area (Å²) in [5.74, 6) is -1.89. The van der Waals surface area contributed by atoms with Gasteiger partial charge in [0, 0.05) is 32.1 Å². The molecular formula is C18H22F2N3O7P. The minimum Gasteiger partial charge on any atom is -0.442 e. The Morgan fingerprint density at radius 2 is 2.00 bits per heavy atom. The van der Waals surface area contributed by atoms with E-state index >= 15 is 0 Å². The normalized spacial score (nSPS) is 25.6. The first-order chi connectivity index (χ1) is 14.8. The van der Waals surface area contributed by atoms with E-state index in [0.29, 0.717) is 12.8 Å². The Bertz CT molecular complexity index is 846. The third-order valence-electron chi connectivity index (χ3n) is 5.47. The van der Waals surface area contributed by atoms with Crippen molar-refractivity contribution < 1.29 is 42.1 Å². The number of hydrogen-bond donors (Lipinski definition) is 2. The number of carbonyl (C=O) groups is 2. The Morgan fingerprint density at radius 1 is 1.32 bits per heavy atom. The van der Waals surface area contributed by atoms with Gasteiger partial charge in [-0.15, -0.1) is 0 Å². The van der Waals surface area contributed by atoms with Gasteiger partial charge in [0.2, 0.25) is 5.91 Å². The van der Waals surface area contributed by atoms with E-state index in [-0.39, 0.29) is 50.1 Å². The molecule has 3 aliphatic rings. The van der Waals surface area contributed by atoms with Crippen LogP contribution in [0.25, 0.3) is 0 Å². The Balaban J connectivity index is 1.45. The predicted molar refractivity (Wildman–Crippen MR) is 104 cm³/mol. The summed E-state index contributed by atoms with van der Waals surface area (Å²) in [4.78, 5) is 40.3. The summed E-state index contributed by atoms with van der Waals surface area (Å²) >= 11 is 0. The van der Waals surface area contributed by atoms with Gasteiger partial charge in [-0.05, 0) is 12.8 Å². The lowest BCUT2D eigenvalue weighted by molar-refractivity contribution is -0.281. The van der Waals surface area contributed by atoms with Crippen molar-refractivity contribution in [3.63, 3.8) is 0 Å². The van der Waals surface area contributed by atoms with Gasteiger partial charge in [0.25, 0.3) is 0 Å². The highest BCUT2D eigenvalue weighted by atomic mass is 31.2. The maximum Gasteiger partial charge on any atom is 0.414 e. The van der Waals surface area contributed by atoms with E-state index in [1.54, 1.807) is 4.90 Å². The van der Waals surface area contributed by atoms with Crippen molar-refractivity contribution in [2.45, 2.75) is 31.5 Å². The molecule has 0 aliphatic carbocycles. The predicted octanol–water partition coefficient (Wildman–Crippen LogP) is 1.96. The third kappa shape index (κ3) is 4.73. The first-order valence-electron chi connectivity index (χ1n) is 9.71. The Hall–Kier alpha value is -2.11. The molecule has 170 valence electrons. The van der Waals surface area contributed by atoms with Crippen LogP contribution in [0.2, 0.25) is 0 Å². The van der Waals surface area contributed by atoms with Crippen molar-refractivity contribution >= 4 is 32.0 Å². The fourth-order valence-corrected chi connectivity index (χ4v) is 4.61. The second-order valence-corrected chi connectivity index (χ2v) is 8.45. The lowest BCUT2D eigenvalue weighted by Gasteiger charge is -2.43. The number of hydrogen-bond acceptors (Lipinski definition) is 8. The average molecular weight is 461 g/mol. The van der Waals surface area contributed by atoms with Crippen LogP contribution in [0.4, 0.5) is 25.0 Å². The van der Waals surface area contributed by atoms with Crippen LogP contribution in [0.3, 0.4) is 0 Å². The molecule has 3 fully saturated rings. The largest absolute Gasteiger partial charge is 0.442 e. The molecule has 31 heavy (non-hydrogen) atoms. The highest BCUT2D eigenvalue weighted by Crippen LogP contribution is 2.47. The molecule has 1 spiro atoms. The van der Waals surface area contributed by atoms with E-state index in [4.69, 9.17) is 14.1 Å². The van der Waals surface area contributed by atoms with E-state index in [1.165, 1.54) is 6.92 Å². The molecule has 10 nitrogen and oxygen atoms in total. The van der Waals surface area contributed by atoms with E-state index in [9.17, 15) is 23.3 Å². The van der Waals surface area contributed by atoms with Gasteiger partial charge in [-0.2, -0.15) is 4.67 Å². The van der Waals surface area contributed by atoms with Crippen LogP contribution in [0.1, 0.15) is 19.8 Å². The van der Waals surface area contributed by atoms with Gasteiger partial charge < -0.3 is 24.4 Å². The summed E-state index contributed by atoms with van der Waals surface area (Å²) < 4.78 is 45.0. The van der Waals surface area contributed by atoms with Crippen LogP contribution < -0.4 is 15.1 Å². The second kappa shape index (κ2) is 8.79. The lowest BCUT2D eigenvalue weighted by Crippen LogP contribution is -2.50. The molecule has 0 saturated carbocycles. The van der Waals surface area contributed by atoms with Crippen molar-refractivity contribution in [1.29, 1.82) is 0 Å². The first-order valence-corrected chi connectivity index (χ1v) is 10.8. The van der Waals surface area contributed by atoms with Gasteiger partial charge in [0.15, 0.2) is 11.6 Å². The quantitative estimate of drug-likeness (QED) is 0.518. The highest BCUT2D eigenvalue weighted by Gasteiger charge is 2.43. The molecule has 2 unspecified atom stereocenters. The highest BCUT2D eigenvalue weighted by molar-refractivity contribution is 7.40. The number of ether oxygens (including phenoxy) is 1. The zero-order valence-electron chi connectivity index (χ0n) is 16.7. The number of anilines is 2. The first kappa shape index (κ1) is 22.1. The van der Waals surface area contributed by atoms with Crippen molar-refractivity contribution in [3.8, 4) is 0 Å². The number of carbonyl (C=O) groups excluding carboxylic acids is 2. The molecule has 2 amide bonds. The third-order valence-corrected chi connectivity index (χ3v) is 6.24. The van der Waals surface area contributed by atoms with Gasteiger partial charge in [-0.1, -0.05) is 0 Å². The molecule has 13 heteroatoms. The van der Waals surface area contributed by atoms with Crippen LogP contribution in [0.5, 0.6) is 0 Å². The molecule has 1 aromatic rings. The minimum atomic E-state index is -2.13. The van der Waals surface area contributed by atoms with Crippen molar-refractivity contribution in [3.05, 3.63) is 23.8 Å². The number of amides is 2. The van der Waals surface area contributed by atoms with Gasteiger partial charge in [-0.25, -0.2) is 18.5 Å². The zero-order chi connectivity index (χ0) is 22.2. The molecule has 0 bridgehead atoms. The van der Waals surface area contributed by atoms with Crippen molar-refractivity contribution in [1.82, 2.24) is 5.32 Å². The number of rotatable bonds is 4. The standard InChI is InChI=1S/C18H22F2N3O7P/c1-11(24)21-8-13-9-23(17(25)28-13)12-6-14(19)16(15(20)7-12)22-4-2-18(3-5-22)10-27-30-31(26)29-18/h6-7,13,26H,2-5,8-10H2,1H3,(H,21,24). The number of nitrogens with one attached hydrogen (secondary N) is 1. The van der Waals surface area contributed by atoms with Gasteiger partial charge in [0.1, 0.15) is 24.0 Å². The van der Waals surface area contributed by atoms with Gasteiger partial charge in [0.05, 0.1) is 18.8 Å². The SMILES string of the molecule is CC(=O)NCC1CN(c2cc(F)c(N3CCC4(CC3)COOP(O)O4)c(F)c2)C(=O)O1. The van der Waals surface area contributed by atoms with Crippen molar-refractivity contribution in [2.75, 3.05) is 42.6 Å². The summed E-state index contributed by atoms with van der Waals surface area (Å²) in [5, 5.41) is 2.54. The zero-order valence-corrected chi connectivity index (χ0v) is 17.6. The summed E-state index contributed by atoms with van der Waals surface area (Å²) in [6, 6.07) is 2.18. The average Bonchev–Trinajstić information content (AvgIpc) is 3.08. The molecule has 3 aliphatic heterocycles. The van der Waals surface area contributed by atoms with Crippen LogP contribution in [0, 0.1) is 11.6 Å². The Labute approximate surface area is 177 Å². The molecular weight excluding hydrogens is 439 g/mol. The molecule has 4 rings (SSSR count). The number of nitrogens with zero attached hydrogens (tertiary/aromatic N) is 2. The van der Waals surface area contributed by atoms with E-state index in [0.717, 1.165) is 17.0 Å². The van der Waals surface area contributed by atoms with Gasteiger partial charge in [-0.3, -0.25) is 9.69 Å². The second-order valence-electron chi connectivity index (χ2n) is 7.65. The van der Waals surface area contributed by atoms with E-state index < -0.39 is 38.0 Å². The number of piperidine rings is 1. The van der Waals surface area contributed by atoms with Crippen LogP contribution >= 0.6 is 8.60 Å². The maximum atomic E-state index is 14.9. The topological polar surface area (TPSA) is 110 Å². The summed E-state index contributed by atoms with van der Waals surface area (Å²) in [6.07, 6.45) is -0.572. The van der Waals surface area contributed by atoms with Crippen LogP contribution in [0.15, 0.2) is 12.1 Å². The Kier molecular flexibility index (Phi) is 6.27. The fraction of sp³-hybridized carbons (Fsp3) is 0.556. The Morgan fingerprint density at radius 3 is 2.61 bits per heavy atom. The fourth-order valence-electron chi connectivity index (χ4n) is 3.87. The van der Waals surface area contributed by atoms with Crippen LogP contribution in [-0.4, -0.2) is 61.4 Å². The summed E-state index contributed by atoms with van der Waals surface area (Å²) in [5.41, 5.74) is -0.903. The minimum absolute atomic E-state index is 0.0367. The molecule has 2 atom stereocenters. The van der Waals surface area contributed by atoms with Crippen molar-refractivity contribution in [2.24, 2.45) is 0 Å². The molecule has 3 heterocycles. The molecule has 0 radical (unpaired) electrons. The molecule has 0 aromatic heterocycles. The van der Waals surface area contributed by atoms with Gasteiger partial charge >= 0.3 is 14.7 Å². The molecule has 1 aromatic carbocycles. The monoisotopic (exact) mass is 461 g/mol. The number of benzene rings is 1. The molecule has 2 N–H and O–H groups in total. The number of halogens is 2. The van der Waals surface area contributed by atoms with E-state index in [2.05, 4.69) is 9.99 Å². The van der Waals surface area contributed by atoms with E-state index in [1.807, 2.05) is 0 Å². The summed E-state index contributed by atoms with van der Waals surface area (Å²) in [7, 11) is -2.13. The van der Waals surface area contributed by atoms with Crippen LogP contribution in [-0.2, 0) is 23.6 Å². The lowest BCUT2D eigenvalue weighted by atomic mass is 9.92. The summed E-state index contributed by atoms with van der Waals surface area (Å²) in [6.45, 7) is 2.20. The maximum absolute atomic E-state index is 14.9.